The summed E-state index contributed by atoms with van der Waals surface area (Å²) >= 11 is 0. The molecule has 1 aliphatic carbocycles. The Bertz CT molecular complexity index is 304. The molecule has 1 saturated carbocycles. The number of hydrogen-bond donors (Lipinski definition) is 2. The maximum Gasteiger partial charge on any atom is 0.407 e. The molecule has 19 heavy (non-hydrogen) atoms. The average molecular weight is 270 g/mol. The zero-order chi connectivity index (χ0) is 14.3. The standard InChI is InChI=1S/C14H26N2O3/c1-14(2,3)19-13(18)16-10-9-15-12(17)11-7-5-4-6-8-11/h11H,4-10H2,1-3H3,(H,15,17)(H,16,18). The first kappa shape index (κ1) is 15.8. The Balaban J connectivity index is 2.10. The molecule has 1 fully saturated rings. The predicted octanol–water partition coefficient (Wildman–Crippen LogP) is 2.21. The van der Waals surface area contributed by atoms with Gasteiger partial charge in [-0.1, -0.05) is 19.3 Å². The molecule has 0 aromatic heterocycles. The molecule has 2 N–H and O–H groups in total. The van der Waals surface area contributed by atoms with Crippen LogP contribution in [0.15, 0.2) is 0 Å². The SMILES string of the molecule is CC(C)(C)OC(=O)NCCNC(=O)C1CCCCC1. The third-order valence-electron chi connectivity index (χ3n) is 3.07. The number of carbonyl (C=O) groups is 2. The minimum atomic E-state index is -0.491. The quantitative estimate of drug-likeness (QED) is 0.770. The molecule has 2 amide bonds. The van der Waals surface area contributed by atoms with Gasteiger partial charge in [-0.3, -0.25) is 4.79 Å². The topological polar surface area (TPSA) is 67.4 Å². The van der Waals surface area contributed by atoms with Crippen molar-refractivity contribution < 1.29 is 14.3 Å². The third-order valence-corrected chi connectivity index (χ3v) is 3.07. The molecule has 0 saturated heterocycles. The molecule has 1 aliphatic rings. The largest absolute Gasteiger partial charge is 0.444 e. The highest BCUT2D eigenvalue weighted by molar-refractivity contribution is 5.78. The molecular formula is C14H26N2O3. The number of rotatable bonds is 4. The van der Waals surface area contributed by atoms with Gasteiger partial charge < -0.3 is 15.4 Å². The van der Waals surface area contributed by atoms with Crippen LogP contribution in [0.25, 0.3) is 0 Å². The van der Waals surface area contributed by atoms with Crippen molar-refractivity contribution >= 4 is 12.0 Å². The average Bonchev–Trinajstić information content (AvgIpc) is 2.33. The van der Waals surface area contributed by atoms with Crippen LogP contribution in [-0.4, -0.2) is 30.7 Å². The molecule has 1 rings (SSSR count). The summed E-state index contributed by atoms with van der Waals surface area (Å²) in [5.41, 5.74) is -0.491. The Labute approximate surface area is 115 Å². The van der Waals surface area contributed by atoms with Crippen LogP contribution in [0.1, 0.15) is 52.9 Å². The van der Waals surface area contributed by atoms with E-state index in [0.717, 1.165) is 25.7 Å². The van der Waals surface area contributed by atoms with Crippen LogP contribution in [0.3, 0.4) is 0 Å². The van der Waals surface area contributed by atoms with Crippen molar-refractivity contribution in [1.29, 1.82) is 0 Å². The summed E-state index contributed by atoms with van der Waals surface area (Å²) in [7, 11) is 0. The normalized spacial score (nSPS) is 16.8. The molecule has 0 bridgehead atoms. The van der Waals surface area contributed by atoms with E-state index in [1.54, 1.807) is 0 Å². The van der Waals surface area contributed by atoms with Gasteiger partial charge in [0.2, 0.25) is 5.91 Å². The van der Waals surface area contributed by atoms with Gasteiger partial charge >= 0.3 is 6.09 Å². The third kappa shape index (κ3) is 7.03. The highest BCUT2D eigenvalue weighted by Crippen LogP contribution is 2.23. The summed E-state index contributed by atoms with van der Waals surface area (Å²) in [5, 5.41) is 5.48. The summed E-state index contributed by atoms with van der Waals surface area (Å²) in [6, 6.07) is 0. The van der Waals surface area contributed by atoms with Gasteiger partial charge in [-0.25, -0.2) is 4.79 Å². The van der Waals surface area contributed by atoms with E-state index in [9.17, 15) is 9.59 Å². The van der Waals surface area contributed by atoms with Crippen LogP contribution in [0.4, 0.5) is 4.79 Å². The Kier molecular flexibility index (Phi) is 6.12. The summed E-state index contributed by atoms with van der Waals surface area (Å²) in [6.07, 6.45) is 5.07. The number of alkyl carbamates (subject to hydrolysis) is 1. The molecule has 0 atom stereocenters. The van der Waals surface area contributed by atoms with E-state index >= 15 is 0 Å². The van der Waals surface area contributed by atoms with E-state index in [1.807, 2.05) is 20.8 Å². The fraction of sp³-hybridized carbons (Fsp3) is 0.857. The van der Waals surface area contributed by atoms with Gasteiger partial charge in [-0.2, -0.15) is 0 Å². The van der Waals surface area contributed by atoms with Crippen LogP contribution in [-0.2, 0) is 9.53 Å². The molecule has 110 valence electrons. The number of nitrogens with one attached hydrogen (secondary N) is 2. The fourth-order valence-electron chi connectivity index (χ4n) is 2.17. The monoisotopic (exact) mass is 270 g/mol. The van der Waals surface area contributed by atoms with Crippen molar-refractivity contribution in [3.8, 4) is 0 Å². The van der Waals surface area contributed by atoms with Crippen molar-refractivity contribution in [2.75, 3.05) is 13.1 Å². The lowest BCUT2D eigenvalue weighted by atomic mass is 9.89. The maximum atomic E-state index is 11.8. The predicted molar refractivity (Wildman–Crippen MR) is 73.8 cm³/mol. The number of amides is 2. The highest BCUT2D eigenvalue weighted by Gasteiger charge is 2.20. The Morgan fingerprint density at radius 3 is 2.21 bits per heavy atom. The Morgan fingerprint density at radius 2 is 1.63 bits per heavy atom. The number of ether oxygens (including phenoxy) is 1. The van der Waals surface area contributed by atoms with E-state index in [2.05, 4.69) is 10.6 Å². The minimum absolute atomic E-state index is 0.116. The van der Waals surface area contributed by atoms with Gasteiger partial charge in [0, 0.05) is 19.0 Å². The second-order valence-corrected chi connectivity index (χ2v) is 6.05. The van der Waals surface area contributed by atoms with Crippen molar-refractivity contribution in [2.45, 2.75) is 58.5 Å². The molecule has 0 aromatic carbocycles. The Hall–Kier alpha value is -1.26. The maximum absolute atomic E-state index is 11.8. The molecule has 0 aromatic rings. The first-order valence-electron chi connectivity index (χ1n) is 7.13. The summed E-state index contributed by atoms with van der Waals surface area (Å²) in [5.74, 6) is 0.279. The number of carbonyl (C=O) groups excluding carboxylic acids is 2. The van der Waals surface area contributed by atoms with E-state index < -0.39 is 11.7 Å². The fourth-order valence-corrected chi connectivity index (χ4v) is 2.17. The lowest BCUT2D eigenvalue weighted by molar-refractivity contribution is -0.125. The molecule has 0 heterocycles. The lowest BCUT2D eigenvalue weighted by Gasteiger charge is -2.21. The van der Waals surface area contributed by atoms with Crippen molar-refractivity contribution in [2.24, 2.45) is 5.92 Å². The molecule has 5 heteroatoms. The van der Waals surface area contributed by atoms with Crippen LogP contribution < -0.4 is 10.6 Å². The van der Waals surface area contributed by atoms with Crippen LogP contribution in [0, 0.1) is 5.92 Å². The lowest BCUT2D eigenvalue weighted by Crippen LogP contribution is -2.39. The Morgan fingerprint density at radius 1 is 1.05 bits per heavy atom. The first-order chi connectivity index (χ1) is 8.88. The van der Waals surface area contributed by atoms with E-state index in [1.165, 1.54) is 6.42 Å². The van der Waals surface area contributed by atoms with Crippen LogP contribution in [0.5, 0.6) is 0 Å². The van der Waals surface area contributed by atoms with Gasteiger partial charge in [0.05, 0.1) is 0 Å². The van der Waals surface area contributed by atoms with Crippen LogP contribution in [0.2, 0.25) is 0 Å². The highest BCUT2D eigenvalue weighted by atomic mass is 16.6. The van der Waals surface area contributed by atoms with Crippen molar-refractivity contribution in [1.82, 2.24) is 10.6 Å². The van der Waals surface area contributed by atoms with Gasteiger partial charge in [0.15, 0.2) is 0 Å². The smallest absolute Gasteiger partial charge is 0.407 e. The number of hydrogen-bond acceptors (Lipinski definition) is 3. The van der Waals surface area contributed by atoms with E-state index in [-0.39, 0.29) is 11.8 Å². The molecule has 0 unspecified atom stereocenters. The van der Waals surface area contributed by atoms with E-state index in [4.69, 9.17) is 4.74 Å². The molecule has 0 spiro atoms. The molecule has 0 radical (unpaired) electrons. The van der Waals surface area contributed by atoms with Gasteiger partial charge in [0.25, 0.3) is 0 Å². The van der Waals surface area contributed by atoms with Gasteiger partial charge in [-0.05, 0) is 33.6 Å². The minimum Gasteiger partial charge on any atom is -0.444 e. The van der Waals surface area contributed by atoms with Gasteiger partial charge in [-0.15, -0.1) is 0 Å². The zero-order valence-corrected chi connectivity index (χ0v) is 12.3. The molecular weight excluding hydrogens is 244 g/mol. The summed E-state index contributed by atoms with van der Waals surface area (Å²) in [4.78, 5) is 23.2. The van der Waals surface area contributed by atoms with Crippen LogP contribution >= 0.6 is 0 Å². The van der Waals surface area contributed by atoms with Crippen molar-refractivity contribution in [3.63, 3.8) is 0 Å². The summed E-state index contributed by atoms with van der Waals surface area (Å²) in [6.45, 7) is 6.30. The molecule has 5 nitrogen and oxygen atoms in total. The molecule has 0 aliphatic heterocycles. The van der Waals surface area contributed by atoms with E-state index in [0.29, 0.717) is 13.1 Å². The first-order valence-corrected chi connectivity index (χ1v) is 7.13. The summed E-state index contributed by atoms with van der Waals surface area (Å²) < 4.78 is 5.10. The van der Waals surface area contributed by atoms with Gasteiger partial charge in [0.1, 0.15) is 5.60 Å². The van der Waals surface area contributed by atoms with Crippen molar-refractivity contribution in [3.05, 3.63) is 0 Å². The second kappa shape index (κ2) is 7.36. The second-order valence-electron chi connectivity index (χ2n) is 6.05. The zero-order valence-electron chi connectivity index (χ0n) is 12.3.